The molecule has 1 aliphatic rings. The highest BCUT2D eigenvalue weighted by atomic mass is 16.2. The molecule has 0 radical (unpaired) electrons. The minimum absolute atomic E-state index is 0.232. The van der Waals surface area contributed by atoms with E-state index in [-0.39, 0.29) is 17.9 Å². The van der Waals surface area contributed by atoms with Crippen LogP contribution in [0.3, 0.4) is 0 Å². The lowest BCUT2D eigenvalue weighted by atomic mass is 10.1. The van der Waals surface area contributed by atoms with E-state index in [4.69, 9.17) is 0 Å². The van der Waals surface area contributed by atoms with Crippen LogP contribution < -0.4 is 21.4 Å². The van der Waals surface area contributed by atoms with Crippen LogP contribution >= 0.6 is 0 Å². The van der Waals surface area contributed by atoms with Crippen molar-refractivity contribution < 1.29 is 9.59 Å². The first-order valence-electron chi connectivity index (χ1n) is 7.04. The van der Waals surface area contributed by atoms with Crippen LogP contribution in [0.2, 0.25) is 0 Å². The van der Waals surface area contributed by atoms with Gasteiger partial charge in [0.1, 0.15) is 6.04 Å². The van der Waals surface area contributed by atoms with Crippen LogP contribution in [-0.4, -0.2) is 21.4 Å². The summed E-state index contributed by atoms with van der Waals surface area (Å²) in [5.74, 6) is -0.742. The monoisotopic (exact) mass is 289 g/mol. The average Bonchev–Trinajstić information content (AvgIpc) is 2.40. The van der Waals surface area contributed by atoms with Crippen LogP contribution in [0.4, 0.5) is 0 Å². The van der Waals surface area contributed by atoms with Gasteiger partial charge in [0.05, 0.1) is 16.9 Å². The minimum Gasteiger partial charge on any atom is -0.295 e. The molecule has 0 saturated carbocycles. The van der Waals surface area contributed by atoms with E-state index < -0.39 is 11.9 Å². The predicted molar refractivity (Wildman–Crippen MR) is 78.7 cm³/mol. The molecule has 2 heterocycles. The maximum Gasteiger partial charge on any atom is 0.261 e. The van der Waals surface area contributed by atoms with Gasteiger partial charge in [-0.3, -0.25) is 24.3 Å². The topological polar surface area (TPSA) is 81.1 Å². The third kappa shape index (κ3) is 2.94. The molecule has 6 heteroatoms. The molecule has 1 saturated heterocycles. The van der Waals surface area contributed by atoms with Gasteiger partial charge in [-0.2, -0.15) is 0 Å². The lowest BCUT2D eigenvalue weighted by Gasteiger charge is -2.22. The summed E-state index contributed by atoms with van der Waals surface area (Å²) >= 11 is 0. The largest absolute Gasteiger partial charge is 0.295 e. The van der Waals surface area contributed by atoms with Crippen molar-refractivity contribution in [2.24, 2.45) is 0 Å². The Hall–Kier alpha value is -2.24. The first kappa shape index (κ1) is 15.2. The van der Waals surface area contributed by atoms with Crippen molar-refractivity contribution in [2.45, 2.75) is 46.1 Å². The van der Waals surface area contributed by atoms with Gasteiger partial charge >= 0.3 is 0 Å². The Morgan fingerprint density at radius 1 is 1.43 bits per heavy atom. The fourth-order valence-electron chi connectivity index (χ4n) is 2.47. The Bertz CT molecular complexity index is 757. The zero-order chi connectivity index (χ0) is 15.6. The summed E-state index contributed by atoms with van der Waals surface area (Å²) in [7, 11) is 0. The van der Waals surface area contributed by atoms with E-state index in [0.717, 1.165) is 12.0 Å². The van der Waals surface area contributed by atoms with E-state index in [1.54, 1.807) is 0 Å². The van der Waals surface area contributed by atoms with Crippen LogP contribution in [0.15, 0.2) is 11.1 Å². The fraction of sp³-hybridized carbons (Fsp3) is 0.467. The van der Waals surface area contributed by atoms with Gasteiger partial charge in [0.2, 0.25) is 11.8 Å². The molecule has 1 aromatic rings. The number of nitrogens with one attached hydrogen (secondary N) is 1. The number of carbonyl (C=O) groups excluding carboxylic acids is 2. The van der Waals surface area contributed by atoms with Crippen molar-refractivity contribution in [1.29, 1.82) is 0 Å². The summed E-state index contributed by atoms with van der Waals surface area (Å²) < 4.78 is 1.33. The quantitative estimate of drug-likeness (QED) is 0.751. The Morgan fingerprint density at radius 2 is 2.14 bits per heavy atom. The summed E-state index contributed by atoms with van der Waals surface area (Å²) in [5.41, 5.74) is 0.619. The molecule has 1 aromatic heterocycles. The number of aromatic nitrogens is 2. The zero-order valence-electron chi connectivity index (χ0n) is 12.5. The molecule has 0 spiro atoms. The van der Waals surface area contributed by atoms with Gasteiger partial charge in [0, 0.05) is 6.42 Å². The van der Waals surface area contributed by atoms with Gasteiger partial charge in [0.15, 0.2) is 0 Å². The summed E-state index contributed by atoms with van der Waals surface area (Å²) in [4.78, 5) is 40.1. The van der Waals surface area contributed by atoms with Crippen molar-refractivity contribution in [3.63, 3.8) is 0 Å². The molecule has 1 fully saturated rings. The third-order valence-corrected chi connectivity index (χ3v) is 3.47. The summed E-state index contributed by atoms with van der Waals surface area (Å²) in [5, 5.41) is 3.44. The van der Waals surface area contributed by atoms with Crippen LogP contribution in [0, 0.1) is 0 Å². The van der Waals surface area contributed by atoms with E-state index in [9.17, 15) is 14.4 Å². The molecule has 6 nitrogen and oxygen atoms in total. The number of amides is 2. The van der Waals surface area contributed by atoms with Crippen LogP contribution in [-0.2, 0) is 9.59 Å². The molecule has 112 valence electrons. The number of hydrogen-bond donors (Lipinski definition) is 1. The van der Waals surface area contributed by atoms with Crippen LogP contribution in [0.25, 0.3) is 11.6 Å². The molecule has 2 rings (SSSR count). The minimum atomic E-state index is -0.670. The van der Waals surface area contributed by atoms with Gasteiger partial charge in [0.25, 0.3) is 5.56 Å². The molecule has 0 aliphatic carbocycles. The van der Waals surface area contributed by atoms with Crippen molar-refractivity contribution in [2.75, 3.05) is 0 Å². The Balaban J connectivity index is 2.64. The third-order valence-electron chi connectivity index (χ3n) is 3.47. The molecule has 21 heavy (non-hydrogen) atoms. The number of nitrogens with zero attached hydrogens (tertiary/aromatic N) is 2. The van der Waals surface area contributed by atoms with Gasteiger partial charge < -0.3 is 0 Å². The number of imide groups is 1. The maximum absolute atomic E-state index is 12.6. The summed E-state index contributed by atoms with van der Waals surface area (Å²) in [6.45, 7) is 5.67. The second-order valence-electron chi connectivity index (χ2n) is 5.30. The second-order valence-corrected chi connectivity index (χ2v) is 5.30. The highest BCUT2D eigenvalue weighted by Gasteiger charge is 2.28. The molecular weight excluding hydrogens is 270 g/mol. The van der Waals surface area contributed by atoms with Crippen molar-refractivity contribution in [3.05, 3.63) is 27.2 Å². The van der Waals surface area contributed by atoms with E-state index in [0.29, 0.717) is 17.0 Å². The molecule has 1 atom stereocenters. The average molecular weight is 289 g/mol. The lowest BCUT2D eigenvalue weighted by Crippen LogP contribution is -2.52. The summed E-state index contributed by atoms with van der Waals surface area (Å²) in [6, 6.07) is -0.670. The molecular formula is C15H19N3O3. The number of hydrogen-bond acceptors (Lipinski definition) is 4. The predicted octanol–water partition coefficient (Wildman–Crippen LogP) is -0.398. The Morgan fingerprint density at radius 3 is 2.71 bits per heavy atom. The smallest absolute Gasteiger partial charge is 0.261 e. The molecule has 0 aromatic carbocycles. The lowest BCUT2D eigenvalue weighted by molar-refractivity contribution is -0.135. The van der Waals surface area contributed by atoms with Crippen LogP contribution in [0.1, 0.15) is 46.1 Å². The molecule has 2 amide bonds. The number of carbonyl (C=O) groups is 2. The maximum atomic E-state index is 12.6. The highest BCUT2D eigenvalue weighted by molar-refractivity contribution is 5.99. The van der Waals surface area contributed by atoms with Gasteiger partial charge in [-0.15, -0.1) is 0 Å². The summed E-state index contributed by atoms with van der Waals surface area (Å²) in [6.07, 6.45) is 4.62. The van der Waals surface area contributed by atoms with E-state index in [2.05, 4.69) is 10.3 Å². The van der Waals surface area contributed by atoms with Crippen molar-refractivity contribution >= 4 is 23.5 Å². The van der Waals surface area contributed by atoms with E-state index in [1.165, 1.54) is 10.9 Å². The van der Waals surface area contributed by atoms with Gasteiger partial charge in [-0.05, 0) is 26.7 Å². The Labute approximate surface area is 122 Å². The molecule has 1 unspecified atom stereocenters. The van der Waals surface area contributed by atoms with Crippen molar-refractivity contribution in [1.82, 2.24) is 14.9 Å². The standard InChI is InChI=1S/C15H19N3O3/c1-4-5-10-13(9(2)3)15(21)18(8-16-10)11-6-7-12(19)17-14(11)20/h5,8,11H,4,6-7H2,1-3H3,(H,17,19,20)/b10-5+. The highest BCUT2D eigenvalue weighted by Crippen LogP contribution is 2.15. The normalized spacial score (nSPS) is 19.6. The molecule has 1 N–H and O–H groups in total. The second kappa shape index (κ2) is 6.03. The van der Waals surface area contributed by atoms with Gasteiger partial charge in [-0.1, -0.05) is 18.6 Å². The SMILES string of the molecule is CC/C=c1/ncn(C2CCC(=O)NC2=O)c(=O)c1=C(C)C. The molecule has 0 bridgehead atoms. The first-order chi connectivity index (χ1) is 9.95. The zero-order valence-corrected chi connectivity index (χ0v) is 12.5. The fourth-order valence-corrected chi connectivity index (χ4v) is 2.47. The van der Waals surface area contributed by atoms with E-state index in [1.807, 2.05) is 26.8 Å². The Kier molecular flexibility index (Phi) is 4.35. The first-order valence-corrected chi connectivity index (χ1v) is 7.04. The van der Waals surface area contributed by atoms with E-state index >= 15 is 0 Å². The van der Waals surface area contributed by atoms with Gasteiger partial charge in [-0.25, -0.2) is 4.98 Å². The van der Waals surface area contributed by atoms with Crippen LogP contribution in [0.5, 0.6) is 0 Å². The van der Waals surface area contributed by atoms with Crippen molar-refractivity contribution in [3.8, 4) is 0 Å². The number of rotatable bonds is 2. The number of piperidine rings is 1. The molecule has 1 aliphatic heterocycles.